The molecule has 0 aliphatic rings. The van der Waals surface area contributed by atoms with Crippen LogP contribution in [0.2, 0.25) is 10.0 Å². The van der Waals surface area contributed by atoms with E-state index in [9.17, 15) is 9.50 Å². The van der Waals surface area contributed by atoms with Gasteiger partial charge in [0, 0.05) is 16.1 Å². The van der Waals surface area contributed by atoms with Gasteiger partial charge in [0.05, 0.1) is 11.1 Å². The van der Waals surface area contributed by atoms with Crippen molar-refractivity contribution < 1.29 is 14.2 Å². The van der Waals surface area contributed by atoms with Crippen LogP contribution < -0.4 is 4.74 Å². The van der Waals surface area contributed by atoms with E-state index in [1.54, 1.807) is 37.3 Å². The molecule has 2 nitrogen and oxygen atoms in total. The van der Waals surface area contributed by atoms with E-state index >= 15 is 0 Å². The third-order valence-corrected chi connectivity index (χ3v) is 3.36. The molecule has 0 aliphatic carbocycles. The van der Waals surface area contributed by atoms with Gasteiger partial charge in [-0.3, -0.25) is 0 Å². The van der Waals surface area contributed by atoms with Crippen molar-refractivity contribution in [3.05, 3.63) is 63.4 Å². The van der Waals surface area contributed by atoms with Crippen LogP contribution in [0, 0.1) is 5.82 Å². The minimum Gasteiger partial charge on any atom is -0.488 e. The van der Waals surface area contributed by atoms with E-state index in [4.69, 9.17) is 27.9 Å². The quantitative estimate of drug-likeness (QED) is 0.881. The third-order valence-electron chi connectivity index (χ3n) is 2.84. The number of ether oxygens (including phenoxy) is 1. The lowest BCUT2D eigenvalue weighted by atomic mass is 10.1. The second-order valence-corrected chi connectivity index (χ2v) is 5.20. The van der Waals surface area contributed by atoms with Crippen LogP contribution in [-0.4, -0.2) is 5.11 Å². The number of aliphatic hydroxyl groups is 1. The highest BCUT2D eigenvalue weighted by molar-refractivity contribution is 6.31. The normalized spacial score (nSPS) is 12.2. The Morgan fingerprint density at radius 2 is 2.00 bits per heavy atom. The maximum absolute atomic E-state index is 13.7. The Hall–Kier alpha value is -1.29. The average molecular weight is 315 g/mol. The number of hydrogen-bond acceptors (Lipinski definition) is 2. The van der Waals surface area contributed by atoms with Crippen molar-refractivity contribution >= 4 is 23.2 Å². The van der Waals surface area contributed by atoms with Gasteiger partial charge in [0.1, 0.15) is 18.2 Å². The van der Waals surface area contributed by atoms with Crippen LogP contribution in [-0.2, 0) is 6.61 Å². The van der Waals surface area contributed by atoms with Crippen LogP contribution in [0.15, 0.2) is 36.4 Å². The summed E-state index contributed by atoms with van der Waals surface area (Å²) >= 11 is 11.6. The molecule has 0 heterocycles. The Balaban J connectivity index is 2.21. The molecule has 20 heavy (non-hydrogen) atoms. The number of aliphatic hydroxyl groups excluding tert-OH is 1. The topological polar surface area (TPSA) is 29.5 Å². The number of rotatable bonds is 4. The first-order chi connectivity index (χ1) is 9.49. The highest BCUT2D eigenvalue weighted by atomic mass is 35.5. The van der Waals surface area contributed by atoms with Gasteiger partial charge >= 0.3 is 0 Å². The Bertz CT molecular complexity index is 615. The molecule has 2 aromatic carbocycles. The van der Waals surface area contributed by atoms with E-state index in [-0.39, 0.29) is 11.6 Å². The van der Waals surface area contributed by atoms with Gasteiger partial charge in [0.2, 0.25) is 0 Å². The largest absolute Gasteiger partial charge is 0.488 e. The lowest BCUT2D eigenvalue weighted by Crippen LogP contribution is -2.02. The van der Waals surface area contributed by atoms with Crippen molar-refractivity contribution in [1.29, 1.82) is 0 Å². The van der Waals surface area contributed by atoms with Gasteiger partial charge in [-0.1, -0.05) is 35.3 Å². The monoisotopic (exact) mass is 314 g/mol. The van der Waals surface area contributed by atoms with E-state index in [1.807, 2.05) is 0 Å². The van der Waals surface area contributed by atoms with Crippen molar-refractivity contribution in [2.24, 2.45) is 0 Å². The minimum atomic E-state index is -0.729. The Kier molecular flexibility index (Phi) is 4.86. The van der Waals surface area contributed by atoms with Gasteiger partial charge < -0.3 is 9.84 Å². The molecule has 0 spiro atoms. The molecule has 0 amide bonds. The molecule has 0 aliphatic heterocycles. The van der Waals surface area contributed by atoms with Crippen molar-refractivity contribution in [2.75, 3.05) is 0 Å². The van der Waals surface area contributed by atoms with E-state index in [0.29, 0.717) is 21.9 Å². The number of halogens is 3. The first-order valence-electron chi connectivity index (χ1n) is 6.02. The van der Waals surface area contributed by atoms with Gasteiger partial charge in [0.25, 0.3) is 0 Å². The third kappa shape index (κ3) is 3.42. The second kappa shape index (κ2) is 6.44. The Morgan fingerprint density at radius 1 is 1.25 bits per heavy atom. The highest BCUT2D eigenvalue weighted by Crippen LogP contribution is 2.29. The fraction of sp³-hybridized carbons (Fsp3) is 0.200. The molecule has 1 unspecified atom stereocenters. The van der Waals surface area contributed by atoms with Crippen LogP contribution in [0.4, 0.5) is 4.39 Å². The van der Waals surface area contributed by atoms with Crippen LogP contribution in [0.3, 0.4) is 0 Å². The summed E-state index contributed by atoms with van der Waals surface area (Å²) in [5.41, 5.74) is 0.906. The molecule has 2 aromatic rings. The lowest BCUT2D eigenvalue weighted by Gasteiger charge is -2.14. The highest BCUT2D eigenvalue weighted by Gasteiger charge is 2.12. The Morgan fingerprint density at radius 3 is 2.70 bits per heavy atom. The summed E-state index contributed by atoms with van der Waals surface area (Å²) in [5.74, 6) is -0.0366. The standard InChI is InChI=1S/C15H13Cl2FO2/c1-9(19)12-7-11(16)5-6-14(12)20-8-10-3-2-4-13(17)15(10)18/h2-7,9,19H,8H2,1H3. The zero-order valence-corrected chi connectivity index (χ0v) is 12.2. The first kappa shape index (κ1) is 15.1. The first-order valence-corrected chi connectivity index (χ1v) is 6.78. The Labute approximate surface area is 126 Å². The summed E-state index contributed by atoms with van der Waals surface area (Å²) in [6.07, 6.45) is -0.729. The molecule has 2 rings (SSSR count). The predicted octanol–water partition coefficient (Wildman–Crippen LogP) is 4.76. The molecule has 0 fully saturated rings. The maximum atomic E-state index is 13.7. The van der Waals surface area contributed by atoms with E-state index < -0.39 is 11.9 Å². The van der Waals surface area contributed by atoms with Crippen LogP contribution in [0.1, 0.15) is 24.2 Å². The summed E-state index contributed by atoms with van der Waals surface area (Å²) in [7, 11) is 0. The fourth-order valence-corrected chi connectivity index (χ4v) is 2.17. The molecule has 0 saturated heterocycles. The summed E-state index contributed by atoms with van der Waals surface area (Å²) in [6, 6.07) is 9.64. The molecule has 5 heteroatoms. The number of benzene rings is 2. The van der Waals surface area contributed by atoms with E-state index in [1.165, 1.54) is 6.07 Å². The molecule has 1 N–H and O–H groups in total. The van der Waals surface area contributed by atoms with Crippen molar-refractivity contribution in [1.82, 2.24) is 0 Å². The zero-order valence-electron chi connectivity index (χ0n) is 10.7. The van der Waals surface area contributed by atoms with Crippen molar-refractivity contribution in [2.45, 2.75) is 19.6 Å². The summed E-state index contributed by atoms with van der Waals surface area (Å²) in [4.78, 5) is 0. The van der Waals surface area contributed by atoms with Gasteiger partial charge in [-0.05, 0) is 31.2 Å². The smallest absolute Gasteiger partial charge is 0.148 e. The molecule has 0 bridgehead atoms. The fourth-order valence-electron chi connectivity index (χ4n) is 1.79. The minimum absolute atomic E-state index is 0.0216. The lowest BCUT2D eigenvalue weighted by molar-refractivity contribution is 0.190. The van der Waals surface area contributed by atoms with Gasteiger partial charge in [0.15, 0.2) is 0 Å². The summed E-state index contributed by atoms with van der Waals surface area (Å²) < 4.78 is 19.3. The molecule has 106 valence electrons. The molecule has 0 radical (unpaired) electrons. The molecule has 1 atom stereocenters. The van der Waals surface area contributed by atoms with Crippen molar-refractivity contribution in [3.8, 4) is 5.75 Å². The van der Waals surface area contributed by atoms with E-state index in [0.717, 1.165) is 0 Å². The van der Waals surface area contributed by atoms with Gasteiger partial charge in [-0.15, -0.1) is 0 Å². The van der Waals surface area contributed by atoms with Gasteiger partial charge in [-0.25, -0.2) is 4.39 Å². The molecule has 0 saturated carbocycles. The van der Waals surface area contributed by atoms with Crippen molar-refractivity contribution in [3.63, 3.8) is 0 Å². The van der Waals surface area contributed by atoms with Crippen LogP contribution >= 0.6 is 23.2 Å². The molecule has 0 aromatic heterocycles. The predicted molar refractivity (Wildman–Crippen MR) is 77.8 cm³/mol. The summed E-state index contributed by atoms with van der Waals surface area (Å²) in [6.45, 7) is 1.63. The maximum Gasteiger partial charge on any atom is 0.148 e. The average Bonchev–Trinajstić information content (AvgIpc) is 2.41. The molecular formula is C15H13Cl2FO2. The summed E-state index contributed by atoms with van der Waals surface area (Å²) in [5, 5.41) is 10.2. The van der Waals surface area contributed by atoms with Crippen LogP contribution in [0.5, 0.6) is 5.75 Å². The van der Waals surface area contributed by atoms with Crippen LogP contribution in [0.25, 0.3) is 0 Å². The molecular weight excluding hydrogens is 302 g/mol. The zero-order chi connectivity index (χ0) is 14.7. The number of hydrogen-bond donors (Lipinski definition) is 1. The SMILES string of the molecule is CC(O)c1cc(Cl)ccc1OCc1cccc(Cl)c1F. The van der Waals surface area contributed by atoms with E-state index in [2.05, 4.69) is 0 Å². The van der Waals surface area contributed by atoms with Gasteiger partial charge in [-0.2, -0.15) is 0 Å². The second-order valence-electron chi connectivity index (χ2n) is 4.36.